The van der Waals surface area contributed by atoms with Gasteiger partial charge in [0.15, 0.2) is 0 Å². The zero-order valence-corrected chi connectivity index (χ0v) is 13.1. The van der Waals surface area contributed by atoms with E-state index in [4.69, 9.17) is 16.2 Å². The van der Waals surface area contributed by atoms with E-state index >= 15 is 0 Å². The standard InChI is InChI=1S/C14H20N2O4.ClH/c1-13(2,3)20-12(19)14(16,11(17)18)8-9-4-6-10(15)7-5-9;/h4-7H,8,15-16H2,1-3H3,(H,17,18);1H. The number of carboxylic acids is 1. The van der Waals surface area contributed by atoms with Gasteiger partial charge < -0.3 is 21.3 Å². The second kappa shape index (κ2) is 6.78. The summed E-state index contributed by atoms with van der Waals surface area (Å²) in [6.07, 6.45) is -0.169. The summed E-state index contributed by atoms with van der Waals surface area (Å²) in [4.78, 5) is 23.4. The third-order valence-electron chi connectivity index (χ3n) is 2.61. The molecular formula is C14H21ClN2O4. The van der Waals surface area contributed by atoms with Gasteiger partial charge in [-0.2, -0.15) is 0 Å². The number of hydrogen-bond donors (Lipinski definition) is 3. The first-order valence-electron chi connectivity index (χ1n) is 6.15. The van der Waals surface area contributed by atoms with E-state index in [0.717, 1.165) is 0 Å². The molecule has 1 unspecified atom stereocenters. The smallest absolute Gasteiger partial charge is 0.338 e. The first-order valence-corrected chi connectivity index (χ1v) is 6.15. The molecule has 118 valence electrons. The Morgan fingerprint density at radius 1 is 1.19 bits per heavy atom. The maximum atomic E-state index is 12.0. The van der Waals surface area contributed by atoms with Crippen LogP contribution in [0.1, 0.15) is 26.3 Å². The Morgan fingerprint density at radius 3 is 2.05 bits per heavy atom. The number of nitrogen functional groups attached to an aromatic ring is 1. The number of halogens is 1. The fourth-order valence-corrected chi connectivity index (χ4v) is 1.56. The zero-order chi connectivity index (χ0) is 15.6. The van der Waals surface area contributed by atoms with Crippen molar-refractivity contribution in [3.05, 3.63) is 29.8 Å². The van der Waals surface area contributed by atoms with Gasteiger partial charge >= 0.3 is 11.9 Å². The van der Waals surface area contributed by atoms with E-state index in [0.29, 0.717) is 11.3 Å². The van der Waals surface area contributed by atoms with E-state index in [2.05, 4.69) is 0 Å². The van der Waals surface area contributed by atoms with Crippen molar-refractivity contribution in [3.8, 4) is 0 Å². The van der Waals surface area contributed by atoms with Crippen molar-refractivity contribution < 1.29 is 19.4 Å². The molecule has 21 heavy (non-hydrogen) atoms. The SMILES string of the molecule is CC(C)(C)OC(=O)C(N)(Cc1ccc(N)cc1)C(=O)O.Cl. The minimum atomic E-state index is -2.12. The molecule has 1 atom stereocenters. The number of esters is 1. The quantitative estimate of drug-likeness (QED) is 0.439. The highest BCUT2D eigenvalue weighted by Crippen LogP contribution is 2.18. The third kappa shape index (κ3) is 5.24. The van der Waals surface area contributed by atoms with Crippen molar-refractivity contribution in [1.82, 2.24) is 0 Å². The van der Waals surface area contributed by atoms with Gasteiger partial charge in [-0.1, -0.05) is 12.1 Å². The molecule has 0 saturated carbocycles. The van der Waals surface area contributed by atoms with E-state index < -0.39 is 23.1 Å². The average Bonchev–Trinajstić information content (AvgIpc) is 2.29. The molecule has 0 spiro atoms. The van der Waals surface area contributed by atoms with Gasteiger partial charge in [0.05, 0.1) is 0 Å². The minimum Gasteiger partial charge on any atom is -0.479 e. The van der Waals surface area contributed by atoms with Gasteiger partial charge in [-0.05, 0) is 38.5 Å². The van der Waals surface area contributed by atoms with Gasteiger partial charge in [-0.25, -0.2) is 9.59 Å². The van der Waals surface area contributed by atoms with Crippen molar-refractivity contribution in [2.24, 2.45) is 5.73 Å². The van der Waals surface area contributed by atoms with Gasteiger partial charge in [0, 0.05) is 12.1 Å². The molecule has 0 heterocycles. The predicted octanol–water partition coefficient (Wildman–Crippen LogP) is 1.36. The first-order chi connectivity index (χ1) is 9.04. The molecule has 0 saturated heterocycles. The van der Waals surface area contributed by atoms with E-state index in [1.54, 1.807) is 45.0 Å². The average molecular weight is 317 g/mol. The van der Waals surface area contributed by atoms with Crippen LogP contribution >= 0.6 is 12.4 Å². The fraction of sp³-hybridized carbons (Fsp3) is 0.429. The summed E-state index contributed by atoms with van der Waals surface area (Å²) in [5.74, 6) is -2.39. The summed E-state index contributed by atoms with van der Waals surface area (Å²) in [5, 5.41) is 9.27. The number of carboxylic acid groups (broad SMARTS) is 1. The van der Waals surface area contributed by atoms with Gasteiger partial charge in [-0.15, -0.1) is 12.4 Å². The number of carbonyl (C=O) groups excluding carboxylic acids is 1. The molecule has 0 aromatic heterocycles. The number of hydrogen-bond acceptors (Lipinski definition) is 5. The van der Waals surface area contributed by atoms with Gasteiger partial charge in [0.25, 0.3) is 0 Å². The van der Waals surface area contributed by atoms with E-state index in [1.807, 2.05) is 0 Å². The molecule has 0 amide bonds. The van der Waals surface area contributed by atoms with Crippen molar-refractivity contribution in [1.29, 1.82) is 0 Å². The van der Waals surface area contributed by atoms with Crippen LogP contribution in [0, 0.1) is 0 Å². The second-order valence-electron chi connectivity index (χ2n) is 5.70. The van der Waals surface area contributed by atoms with Crippen molar-refractivity contribution in [2.75, 3.05) is 5.73 Å². The summed E-state index contributed by atoms with van der Waals surface area (Å²) in [7, 11) is 0. The molecule has 7 heteroatoms. The highest BCUT2D eigenvalue weighted by Gasteiger charge is 2.45. The lowest BCUT2D eigenvalue weighted by Crippen LogP contribution is -2.58. The topological polar surface area (TPSA) is 116 Å². The number of rotatable bonds is 4. The fourth-order valence-electron chi connectivity index (χ4n) is 1.56. The molecule has 0 aliphatic heterocycles. The predicted molar refractivity (Wildman–Crippen MR) is 82.2 cm³/mol. The number of carbonyl (C=O) groups is 2. The van der Waals surface area contributed by atoms with Crippen LogP contribution in [0.25, 0.3) is 0 Å². The van der Waals surface area contributed by atoms with Crippen LogP contribution < -0.4 is 11.5 Å². The maximum Gasteiger partial charge on any atom is 0.338 e. The van der Waals surface area contributed by atoms with E-state index in [9.17, 15) is 14.7 Å². The largest absolute Gasteiger partial charge is 0.479 e. The molecule has 5 N–H and O–H groups in total. The van der Waals surface area contributed by atoms with Crippen LogP contribution in [0.2, 0.25) is 0 Å². The van der Waals surface area contributed by atoms with Crippen LogP contribution in [0.15, 0.2) is 24.3 Å². The highest BCUT2D eigenvalue weighted by molar-refractivity contribution is 6.04. The third-order valence-corrected chi connectivity index (χ3v) is 2.61. The normalized spacial score (nSPS) is 13.7. The Balaban J connectivity index is 0.00000400. The van der Waals surface area contributed by atoms with Gasteiger partial charge in [0.2, 0.25) is 5.54 Å². The number of anilines is 1. The molecule has 0 fully saturated rings. The maximum absolute atomic E-state index is 12.0. The Labute approximate surface area is 129 Å². The summed E-state index contributed by atoms with van der Waals surface area (Å²) in [5.41, 5.74) is 9.52. The van der Waals surface area contributed by atoms with E-state index in [-0.39, 0.29) is 18.8 Å². The van der Waals surface area contributed by atoms with Crippen LogP contribution in [0.5, 0.6) is 0 Å². The zero-order valence-electron chi connectivity index (χ0n) is 12.3. The molecule has 0 bridgehead atoms. The Bertz CT molecular complexity index is 511. The molecule has 0 radical (unpaired) electrons. The van der Waals surface area contributed by atoms with Crippen molar-refractivity contribution >= 4 is 30.0 Å². The molecule has 1 rings (SSSR count). The highest BCUT2D eigenvalue weighted by atomic mass is 35.5. The summed E-state index contributed by atoms with van der Waals surface area (Å²) in [6.45, 7) is 4.95. The number of nitrogens with two attached hydrogens (primary N) is 2. The summed E-state index contributed by atoms with van der Waals surface area (Å²) in [6, 6.07) is 6.49. The van der Waals surface area contributed by atoms with Crippen LogP contribution in [-0.2, 0) is 20.7 Å². The number of benzene rings is 1. The van der Waals surface area contributed by atoms with Gasteiger partial charge in [0.1, 0.15) is 5.60 Å². The van der Waals surface area contributed by atoms with Crippen LogP contribution in [-0.4, -0.2) is 28.2 Å². The number of ether oxygens (including phenoxy) is 1. The monoisotopic (exact) mass is 316 g/mol. The molecule has 1 aromatic carbocycles. The van der Waals surface area contributed by atoms with Crippen LogP contribution in [0.3, 0.4) is 0 Å². The van der Waals surface area contributed by atoms with Crippen LogP contribution in [0.4, 0.5) is 5.69 Å². The molecule has 0 aliphatic rings. The Morgan fingerprint density at radius 2 is 1.67 bits per heavy atom. The summed E-state index contributed by atoms with van der Waals surface area (Å²) >= 11 is 0. The molecule has 0 aliphatic carbocycles. The number of aliphatic carboxylic acids is 1. The molecule has 1 aromatic rings. The second-order valence-corrected chi connectivity index (χ2v) is 5.70. The molecule has 6 nitrogen and oxygen atoms in total. The Kier molecular flexibility index (Phi) is 6.20. The summed E-state index contributed by atoms with van der Waals surface area (Å²) < 4.78 is 5.09. The van der Waals surface area contributed by atoms with E-state index in [1.165, 1.54) is 0 Å². The minimum absolute atomic E-state index is 0. The van der Waals surface area contributed by atoms with Crippen molar-refractivity contribution in [2.45, 2.75) is 38.3 Å². The molecular weight excluding hydrogens is 296 g/mol. The lowest BCUT2D eigenvalue weighted by atomic mass is 9.91. The lowest BCUT2D eigenvalue weighted by Gasteiger charge is -2.28. The Hall–Kier alpha value is -1.79. The lowest BCUT2D eigenvalue weighted by molar-refractivity contribution is -0.169. The van der Waals surface area contributed by atoms with Gasteiger partial charge in [-0.3, -0.25) is 0 Å². The van der Waals surface area contributed by atoms with Crippen molar-refractivity contribution in [3.63, 3.8) is 0 Å². The first kappa shape index (κ1) is 19.2.